The molecule has 0 saturated carbocycles. The van der Waals surface area contributed by atoms with Gasteiger partial charge in [0.1, 0.15) is 5.82 Å². The van der Waals surface area contributed by atoms with Gasteiger partial charge in [-0.3, -0.25) is 9.89 Å². The van der Waals surface area contributed by atoms with Crippen LogP contribution >= 0.6 is 0 Å². The van der Waals surface area contributed by atoms with E-state index < -0.39 is 0 Å². The molecule has 1 aromatic heterocycles. The van der Waals surface area contributed by atoms with Gasteiger partial charge in [-0.05, 0) is 38.6 Å². The predicted octanol–water partition coefficient (Wildman–Crippen LogP) is 1.73. The van der Waals surface area contributed by atoms with Crippen LogP contribution in [0.4, 0.5) is 5.82 Å². The zero-order valence-corrected chi connectivity index (χ0v) is 11.2. The van der Waals surface area contributed by atoms with Crippen molar-refractivity contribution in [3.63, 3.8) is 0 Å². The van der Waals surface area contributed by atoms with Gasteiger partial charge in [0, 0.05) is 11.1 Å². The Morgan fingerprint density at radius 3 is 2.84 bits per heavy atom. The van der Waals surface area contributed by atoms with Gasteiger partial charge >= 0.3 is 0 Å². The number of rotatable bonds is 5. The summed E-state index contributed by atoms with van der Waals surface area (Å²) in [4.78, 5) is 12.3. The Kier molecular flexibility index (Phi) is 4.30. The lowest BCUT2D eigenvalue weighted by atomic mass is 10.0. The van der Waals surface area contributed by atoms with Crippen molar-refractivity contribution in [3.05, 3.63) is 47.2 Å². The number of anilines is 1. The number of carbonyl (C=O) groups is 1. The van der Waals surface area contributed by atoms with E-state index >= 15 is 0 Å². The number of aromatic amines is 1. The highest BCUT2D eigenvalue weighted by Crippen LogP contribution is 2.14. The number of H-pyrrole nitrogens is 1. The molecule has 0 bridgehead atoms. The molecule has 2 rings (SSSR count). The van der Waals surface area contributed by atoms with Crippen LogP contribution in [0.15, 0.2) is 30.5 Å². The van der Waals surface area contributed by atoms with E-state index in [4.69, 9.17) is 0 Å². The van der Waals surface area contributed by atoms with E-state index in [9.17, 15) is 4.79 Å². The molecular weight excluding hydrogens is 240 g/mol. The molecule has 0 aliphatic rings. The summed E-state index contributed by atoms with van der Waals surface area (Å²) >= 11 is 0. The average Bonchev–Trinajstić information content (AvgIpc) is 2.82. The molecule has 0 aliphatic heterocycles. The lowest BCUT2D eigenvalue weighted by molar-refractivity contribution is 0.102. The average molecular weight is 258 g/mol. The van der Waals surface area contributed by atoms with Crippen molar-refractivity contribution >= 4 is 11.7 Å². The van der Waals surface area contributed by atoms with Crippen molar-refractivity contribution in [1.82, 2.24) is 15.5 Å². The third kappa shape index (κ3) is 3.20. The van der Waals surface area contributed by atoms with Crippen LogP contribution in [0.2, 0.25) is 0 Å². The van der Waals surface area contributed by atoms with E-state index in [-0.39, 0.29) is 5.91 Å². The Balaban J connectivity index is 2.17. The third-order valence-electron chi connectivity index (χ3n) is 2.97. The van der Waals surface area contributed by atoms with Gasteiger partial charge in [0.05, 0.1) is 6.20 Å². The molecule has 0 unspecified atom stereocenters. The number of amides is 1. The molecule has 100 valence electrons. The van der Waals surface area contributed by atoms with Gasteiger partial charge in [-0.15, -0.1) is 0 Å². The fraction of sp³-hybridized carbons (Fsp3) is 0.286. The fourth-order valence-electron chi connectivity index (χ4n) is 1.87. The first-order valence-corrected chi connectivity index (χ1v) is 6.26. The number of likely N-dealkylation sites (N-methyl/N-ethyl adjacent to an activating group) is 1. The van der Waals surface area contributed by atoms with Gasteiger partial charge in [-0.2, -0.15) is 5.10 Å². The SMILES string of the molecule is CNCCc1ccccc1C(=O)Nc1[nH]ncc1C. The monoisotopic (exact) mass is 258 g/mol. The van der Waals surface area contributed by atoms with Crippen LogP contribution in [0.3, 0.4) is 0 Å². The maximum absolute atomic E-state index is 12.3. The maximum atomic E-state index is 12.3. The molecule has 1 amide bonds. The van der Waals surface area contributed by atoms with Crippen molar-refractivity contribution in [3.8, 4) is 0 Å². The van der Waals surface area contributed by atoms with Crippen molar-refractivity contribution in [2.45, 2.75) is 13.3 Å². The number of nitrogens with zero attached hydrogens (tertiary/aromatic N) is 1. The molecule has 1 aromatic carbocycles. The fourth-order valence-corrected chi connectivity index (χ4v) is 1.87. The van der Waals surface area contributed by atoms with Gasteiger partial charge in [-0.1, -0.05) is 18.2 Å². The van der Waals surface area contributed by atoms with Crippen LogP contribution in [-0.2, 0) is 6.42 Å². The summed E-state index contributed by atoms with van der Waals surface area (Å²) in [6.07, 6.45) is 2.50. The van der Waals surface area contributed by atoms with Crippen LogP contribution in [0.5, 0.6) is 0 Å². The molecule has 3 N–H and O–H groups in total. The molecule has 5 heteroatoms. The summed E-state index contributed by atoms with van der Waals surface area (Å²) in [6, 6.07) is 7.64. The van der Waals surface area contributed by atoms with Crippen molar-refractivity contribution in [1.29, 1.82) is 0 Å². The zero-order chi connectivity index (χ0) is 13.7. The molecule has 2 aromatic rings. The minimum Gasteiger partial charge on any atom is -0.319 e. The second-order valence-corrected chi connectivity index (χ2v) is 4.39. The summed E-state index contributed by atoms with van der Waals surface area (Å²) in [5, 5.41) is 12.6. The van der Waals surface area contributed by atoms with Gasteiger partial charge in [0.2, 0.25) is 0 Å². The Labute approximate surface area is 112 Å². The molecule has 0 saturated heterocycles. The third-order valence-corrected chi connectivity index (χ3v) is 2.97. The highest BCUT2D eigenvalue weighted by molar-refractivity contribution is 6.05. The Bertz CT molecular complexity index is 562. The van der Waals surface area contributed by atoms with E-state index in [1.807, 2.05) is 38.2 Å². The topological polar surface area (TPSA) is 69.8 Å². The number of aromatic nitrogens is 2. The normalized spacial score (nSPS) is 10.4. The minimum atomic E-state index is -0.112. The highest BCUT2D eigenvalue weighted by atomic mass is 16.1. The summed E-state index contributed by atoms with van der Waals surface area (Å²) in [6.45, 7) is 2.74. The maximum Gasteiger partial charge on any atom is 0.257 e. The summed E-state index contributed by atoms with van der Waals surface area (Å²) in [5.74, 6) is 0.535. The molecule has 0 spiro atoms. The number of nitrogens with one attached hydrogen (secondary N) is 3. The summed E-state index contributed by atoms with van der Waals surface area (Å²) in [5.41, 5.74) is 2.65. The number of hydrogen-bond donors (Lipinski definition) is 3. The molecule has 0 aliphatic carbocycles. The van der Waals surface area contributed by atoms with Gasteiger partial charge in [0.15, 0.2) is 0 Å². The molecule has 0 atom stereocenters. The van der Waals surface area contributed by atoms with E-state index in [1.165, 1.54) is 0 Å². The second-order valence-electron chi connectivity index (χ2n) is 4.39. The number of benzene rings is 1. The van der Waals surface area contributed by atoms with Crippen molar-refractivity contribution in [2.24, 2.45) is 0 Å². The Morgan fingerprint density at radius 2 is 2.16 bits per heavy atom. The Hall–Kier alpha value is -2.14. The first-order valence-electron chi connectivity index (χ1n) is 6.26. The van der Waals surface area contributed by atoms with Crippen LogP contribution in [0, 0.1) is 6.92 Å². The molecule has 5 nitrogen and oxygen atoms in total. The number of carbonyl (C=O) groups excluding carboxylic acids is 1. The van der Waals surface area contributed by atoms with Crippen LogP contribution < -0.4 is 10.6 Å². The highest BCUT2D eigenvalue weighted by Gasteiger charge is 2.12. The molecular formula is C14H18N4O. The van der Waals surface area contributed by atoms with Gasteiger partial charge in [0.25, 0.3) is 5.91 Å². The first-order chi connectivity index (χ1) is 9.22. The van der Waals surface area contributed by atoms with Crippen LogP contribution in [-0.4, -0.2) is 29.7 Å². The Morgan fingerprint density at radius 1 is 1.37 bits per heavy atom. The van der Waals surface area contributed by atoms with E-state index in [2.05, 4.69) is 20.8 Å². The molecule has 0 fully saturated rings. The summed E-state index contributed by atoms with van der Waals surface area (Å²) in [7, 11) is 1.90. The number of hydrogen-bond acceptors (Lipinski definition) is 3. The van der Waals surface area contributed by atoms with E-state index in [0.29, 0.717) is 11.4 Å². The van der Waals surface area contributed by atoms with E-state index in [1.54, 1.807) is 6.20 Å². The van der Waals surface area contributed by atoms with E-state index in [0.717, 1.165) is 24.1 Å². The molecule has 19 heavy (non-hydrogen) atoms. The zero-order valence-electron chi connectivity index (χ0n) is 11.2. The summed E-state index contributed by atoms with van der Waals surface area (Å²) < 4.78 is 0. The van der Waals surface area contributed by atoms with Crippen molar-refractivity contribution in [2.75, 3.05) is 18.9 Å². The first kappa shape index (κ1) is 13.3. The largest absolute Gasteiger partial charge is 0.319 e. The standard InChI is InChI=1S/C14H18N4O/c1-10-9-16-18-13(10)17-14(19)12-6-4-3-5-11(12)7-8-15-2/h3-6,9,15H,7-8H2,1-2H3,(H2,16,17,18,19). The molecule has 1 heterocycles. The predicted molar refractivity (Wildman–Crippen MR) is 75.4 cm³/mol. The lowest BCUT2D eigenvalue weighted by Gasteiger charge is -2.09. The minimum absolute atomic E-state index is 0.112. The second kappa shape index (κ2) is 6.15. The quantitative estimate of drug-likeness (QED) is 0.765. The van der Waals surface area contributed by atoms with Gasteiger partial charge in [-0.25, -0.2) is 0 Å². The molecule has 0 radical (unpaired) electrons. The lowest BCUT2D eigenvalue weighted by Crippen LogP contribution is -2.17. The van der Waals surface area contributed by atoms with Gasteiger partial charge < -0.3 is 10.6 Å². The van der Waals surface area contributed by atoms with Crippen molar-refractivity contribution < 1.29 is 4.79 Å². The number of aryl methyl sites for hydroxylation is 1. The van der Waals surface area contributed by atoms with Crippen LogP contribution in [0.25, 0.3) is 0 Å². The smallest absolute Gasteiger partial charge is 0.257 e. The van der Waals surface area contributed by atoms with Crippen LogP contribution in [0.1, 0.15) is 21.5 Å².